The van der Waals surface area contributed by atoms with Gasteiger partial charge >= 0.3 is 5.69 Å². The summed E-state index contributed by atoms with van der Waals surface area (Å²) in [6.45, 7) is 0. The number of nitrogens with one attached hydrogen (secondary N) is 1. The van der Waals surface area contributed by atoms with Crippen LogP contribution in [0.5, 0.6) is 0 Å². The van der Waals surface area contributed by atoms with Gasteiger partial charge in [-0.05, 0) is 28.8 Å². The Hall–Kier alpha value is -1.21. The minimum Gasteiger partial charge on any atom is -0.360 e. The summed E-state index contributed by atoms with van der Waals surface area (Å²) in [5, 5.41) is 14.2. The van der Waals surface area contributed by atoms with E-state index >= 15 is 0 Å². The standard InChI is InChI=1S/C12H17BrN4O2/c13-8-6-11(17(18)19)12(15-7-8)16-10-5-3-1-2-4-9(10)14/h6-7,9-10H,1-5,14H2,(H,15,16). The minimum absolute atomic E-state index is 0.0209. The van der Waals surface area contributed by atoms with Gasteiger partial charge in [-0.25, -0.2) is 4.98 Å². The molecule has 1 aromatic heterocycles. The molecule has 2 rings (SSSR count). The summed E-state index contributed by atoms with van der Waals surface area (Å²) in [5.41, 5.74) is 6.09. The number of nitrogens with zero attached hydrogens (tertiary/aromatic N) is 2. The molecule has 0 bridgehead atoms. The van der Waals surface area contributed by atoms with Crippen LogP contribution >= 0.6 is 15.9 Å². The Balaban J connectivity index is 2.19. The molecule has 3 N–H and O–H groups in total. The summed E-state index contributed by atoms with van der Waals surface area (Å²) in [4.78, 5) is 14.7. The van der Waals surface area contributed by atoms with E-state index in [-0.39, 0.29) is 17.8 Å². The van der Waals surface area contributed by atoms with Crippen LogP contribution in [-0.4, -0.2) is 22.0 Å². The second kappa shape index (κ2) is 6.29. The molecule has 6 nitrogen and oxygen atoms in total. The van der Waals surface area contributed by atoms with E-state index in [0.717, 1.165) is 25.7 Å². The lowest BCUT2D eigenvalue weighted by molar-refractivity contribution is -0.384. The van der Waals surface area contributed by atoms with Crippen molar-refractivity contribution in [2.24, 2.45) is 5.73 Å². The number of anilines is 1. The lowest BCUT2D eigenvalue weighted by Crippen LogP contribution is -2.39. The average molecular weight is 329 g/mol. The van der Waals surface area contributed by atoms with Crippen molar-refractivity contribution in [3.05, 3.63) is 26.9 Å². The monoisotopic (exact) mass is 328 g/mol. The molecule has 2 unspecified atom stereocenters. The molecule has 0 saturated heterocycles. The fraction of sp³-hybridized carbons (Fsp3) is 0.583. The number of aromatic nitrogens is 1. The Morgan fingerprint density at radius 1 is 1.42 bits per heavy atom. The maximum absolute atomic E-state index is 11.0. The van der Waals surface area contributed by atoms with Gasteiger partial charge in [-0.3, -0.25) is 10.1 Å². The smallest absolute Gasteiger partial charge is 0.312 e. The van der Waals surface area contributed by atoms with Crippen LogP contribution in [0.1, 0.15) is 32.1 Å². The van der Waals surface area contributed by atoms with Crippen LogP contribution in [0.4, 0.5) is 11.5 Å². The Kier molecular flexibility index (Phi) is 4.71. The number of pyridine rings is 1. The topological polar surface area (TPSA) is 94.1 Å². The second-order valence-corrected chi connectivity index (χ2v) is 5.75. The summed E-state index contributed by atoms with van der Waals surface area (Å²) in [5.74, 6) is 0.301. The van der Waals surface area contributed by atoms with Gasteiger partial charge in [-0.15, -0.1) is 0 Å². The third-order valence-corrected chi connectivity index (χ3v) is 3.86. The van der Waals surface area contributed by atoms with Gasteiger partial charge < -0.3 is 11.1 Å². The predicted molar refractivity (Wildman–Crippen MR) is 77.1 cm³/mol. The molecule has 19 heavy (non-hydrogen) atoms. The second-order valence-electron chi connectivity index (χ2n) is 4.83. The van der Waals surface area contributed by atoms with Crippen LogP contribution in [0.25, 0.3) is 0 Å². The molecule has 7 heteroatoms. The zero-order chi connectivity index (χ0) is 13.8. The molecule has 0 aliphatic heterocycles. The van der Waals surface area contributed by atoms with Gasteiger partial charge in [0, 0.05) is 28.8 Å². The lowest BCUT2D eigenvalue weighted by atomic mass is 10.0. The summed E-state index contributed by atoms with van der Waals surface area (Å²) >= 11 is 3.19. The van der Waals surface area contributed by atoms with Crippen molar-refractivity contribution in [3.63, 3.8) is 0 Å². The van der Waals surface area contributed by atoms with Gasteiger partial charge in [-0.1, -0.05) is 19.3 Å². The predicted octanol–water partition coefficient (Wildman–Crippen LogP) is 2.82. The molecule has 2 atom stereocenters. The molecule has 1 aliphatic rings. The van der Waals surface area contributed by atoms with Crippen molar-refractivity contribution in [1.29, 1.82) is 0 Å². The van der Waals surface area contributed by atoms with Crippen LogP contribution in [0.15, 0.2) is 16.7 Å². The quantitative estimate of drug-likeness (QED) is 0.505. The van der Waals surface area contributed by atoms with Crippen molar-refractivity contribution >= 4 is 27.4 Å². The SMILES string of the molecule is NC1CCCCCC1Nc1ncc(Br)cc1[N+](=O)[O-]. The van der Waals surface area contributed by atoms with Crippen LogP contribution in [-0.2, 0) is 0 Å². The molecule has 1 fully saturated rings. The molecule has 104 valence electrons. The maximum Gasteiger partial charge on any atom is 0.312 e. The van der Waals surface area contributed by atoms with E-state index in [1.165, 1.54) is 12.5 Å². The molecule has 1 heterocycles. The summed E-state index contributed by atoms with van der Waals surface area (Å²) in [6.07, 6.45) is 6.81. The largest absolute Gasteiger partial charge is 0.360 e. The first-order chi connectivity index (χ1) is 9.08. The zero-order valence-electron chi connectivity index (χ0n) is 10.5. The normalized spacial score (nSPS) is 23.7. The first kappa shape index (κ1) is 14.2. The van der Waals surface area contributed by atoms with E-state index in [9.17, 15) is 10.1 Å². The van der Waals surface area contributed by atoms with Gasteiger partial charge in [0.05, 0.1) is 4.92 Å². The van der Waals surface area contributed by atoms with Crippen molar-refractivity contribution in [1.82, 2.24) is 4.98 Å². The number of rotatable bonds is 3. The molecule has 1 aromatic rings. The molecular formula is C12H17BrN4O2. The highest BCUT2D eigenvalue weighted by Crippen LogP contribution is 2.28. The molecule has 1 saturated carbocycles. The molecule has 1 aliphatic carbocycles. The molecule has 0 amide bonds. The van der Waals surface area contributed by atoms with E-state index in [1.807, 2.05) is 0 Å². The Morgan fingerprint density at radius 2 is 2.16 bits per heavy atom. The molecule has 0 aromatic carbocycles. The Bertz CT molecular complexity index is 469. The van der Waals surface area contributed by atoms with Crippen LogP contribution in [0, 0.1) is 10.1 Å². The van der Waals surface area contributed by atoms with E-state index in [4.69, 9.17) is 5.73 Å². The summed E-state index contributed by atoms with van der Waals surface area (Å²) < 4.78 is 0.593. The number of hydrogen-bond acceptors (Lipinski definition) is 5. The number of halogens is 1. The average Bonchev–Trinajstić information content (AvgIpc) is 2.57. The van der Waals surface area contributed by atoms with Gasteiger partial charge in [-0.2, -0.15) is 0 Å². The fourth-order valence-corrected chi connectivity index (χ4v) is 2.69. The van der Waals surface area contributed by atoms with Gasteiger partial charge in [0.15, 0.2) is 0 Å². The molecular weight excluding hydrogens is 312 g/mol. The first-order valence-electron chi connectivity index (χ1n) is 6.40. The van der Waals surface area contributed by atoms with Crippen molar-refractivity contribution < 1.29 is 4.92 Å². The van der Waals surface area contributed by atoms with Crippen molar-refractivity contribution in [3.8, 4) is 0 Å². The summed E-state index contributed by atoms with van der Waals surface area (Å²) in [6, 6.07) is 1.53. The highest BCUT2D eigenvalue weighted by molar-refractivity contribution is 9.10. The van der Waals surface area contributed by atoms with E-state index < -0.39 is 4.92 Å². The number of nitrogens with two attached hydrogens (primary N) is 1. The fourth-order valence-electron chi connectivity index (χ4n) is 2.37. The van der Waals surface area contributed by atoms with Gasteiger partial charge in [0.1, 0.15) is 0 Å². The minimum atomic E-state index is -0.428. The van der Waals surface area contributed by atoms with Crippen LogP contribution < -0.4 is 11.1 Å². The van der Waals surface area contributed by atoms with Crippen LogP contribution in [0.2, 0.25) is 0 Å². The van der Waals surface area contributed by atoms with E-state index in [2.05, 4.69) is 26.2 Å². The third kappa shape index (κ3) is 3.63. The highest BCUT2D eigenvalue weighted by Gasteiger charge is 2.24. The van der Waals surface area contributed by atoms with Gasteiger partial charge in [0.2, 0.25) is 5.82 Å². The third-order valence-electron chi connectivity index (χ3n) is 3.42. The van der Waals surface area contributed by atoms with Gasteiger partial charge in [0.25, 0.3) is 0 Å². The summed E-state index contributed by atoms with van der Waals surface area (Å²) in [7, 11) is 0. The molecule has 0 spiro atoms. The lowest BCUT2D eigenvalue weighted by Gasteiger charge is -2.23. The van der Waals surface area contributed by atoms with Crippen molar-refractivity contribution in [2.75, 3.05) is 5.32 Å². The zero-order valence-corrected chi connectivity index (χ0v) is 12.1. The molecule has 0 radical (unpaired) electrons. The van der Waals surface area contributed by atoms with E-state index in [1.54, 1.807) is 6.20 Å². The Morgan fingerprint density at radius 3 is 2.89 bits per heavy atom. The van der Waals surface area contributed by atoms with Crippen molar-refractivity contribution in [2.45, 2.75) is 44.2 Å². The Labute approximate surface area is 120 Å². The highest BCUT2D eigenvalue weighted by atomic mass is 79.9. The number of nitro groups is 1. The maximum atomic E-state index is 11.0. The first-order valence-corrected chi connectivity index (χ1v) is 7.19. The number of hydrogen-bond donors (Lipinski definition) is 2. The van der Waals surface area contributed by atoms with E-state index in [0.29, 0.717) is 10.3 Å². The van der Waals surface area contributed by atoms with Crippen LogP contribution in [0.3, 0.4) is 0 Å².